The molecule has 0 aromatic heterocycles. The lowest BCUT2D eigenvalue weighted by atomic mass is 9.74. The number of rotatable bonds is 3. The molecule has 112 valence electrons. The first kappa shape index (κ1) is 15.6. The van der Waals surface area contributed by atoms with Crippen LogP contribution in [0.2, 0.25) is 0 Å². The molecule has 0 heterocycles. The number of carbonyl (C=O) groups excluding carboxylic acids is 1. The lowest BCUT2D eigenvalue weighted by Gasteiger charge is -2.30. The lowest BCUT2D eigenvalue weighted by Crippen LogP contribution is -2.37. The Kier molecular flexibility index (Phi) is 4.67. The zero-order chi connectivity index (χ0) is 15.5. The smallest absolute Gasteiger partial charge is 0.244 e. The molecule has 0 atom stereocenters. The van der Waals surface area contributed by atoms with E-state index in [4.69, 9.17) is 0 Å². The van der Waals surface area contributed by atoms with Crippen LogP contribution < -0.4 is 5.32 Å². The summed E-state index contributed by atoms with van der Waals surface area (Å²) in [4.78, 5) is 12.7. The van der Waals surface area contributed by atoms with Gasteiger partial charge in [0.25, 0.3) is 0 Å². The number of anilines is 1. The fourth-order valence-corrected chi connectivity index (χ4v) is 3.12. The fourth-order valence-electron chi connectivity index (χ4n) is 3.12. The molecule has 0 bridgehead atoms. The molecule has 0 spiro atoms. The highest BCUT2D eigenvalue weighted by molar-refractivity contribution is 5.98. The zero-order valence-corrected chi connectivity index (χ0v) is 13.2. The molecule has 3 nitrogen and oxygen atoms in total. The van der Waals surface area contributed by atoms with Crippen LogP contribution in [-0.4, -0.2) is 5.91 Å². The van der Waals surface area contributed by atoms with Crippen molar-refractivity contribution in [3.8, 4) is 6.07 Å². The number of aryl methyl sites for hydroxylation is 1. The summed E-state index contributed by atoms with van der Waals surface area (Å²) in [6.45, 7) is 6.23. The van der Waals surface area contributed by atoms with Crippen molar-refractivity contribution in [3.63, 3.8) is 0 Å². The Morgan fingerprint density at radius 3 is 2.52 bits per heavy atom. The molecule has 0 radical (unpaired) electrons. The van der Waals surface area contributed by atoms with Crippen molar-refractivity contribution in [2.24, 2.45) is 5.41 Å². The summed E-state index contributed by atoms with van der Waals surface area (Å²) < 4.78 is 0. The molecule has 0 unspecified atom stereocenters. The molecule has 1 saturated carbocycles. The number of hydrogen-bond donors (Lipinski definition) is 1. The Bertz CT molecular complexity index is 563. The van der Waals surface area contributed by atoms with Crippen LogP contribution in [0.1, 0.15) is 63.0 Å². The van der Waals surface area contributed by atoms with Gasteiger partial charge in [-0.3, -0.25) is 4.79 Å². The van der Waals surface area contributed by atoms with Gasteiger partial charge in [0.1, 0.15) is 5.41 Å². The van der Waals surface area contributed by atoms with Crippen molar-refractivity contribution in [1.82, 2.24) is 0 Å². The summed E-state index contributed by atoms with van der Waals surface area (Å²) in [6.07, 6.45) is 4.41. The van der Waals surface area contributed by atoms with Gasteiger partial charge in [-0.05, 0) is 36.8 Å². The van der Waals surface area contributed by atoms with Gasteiger partial charge in [0, 0.05) is 5.69 Å². The van der Waals surface area contributed by atoms with Crippen molar-refractivity contribution in [3.05, 3.63) is 29.3 Å². The maximum atomic E-state index is 12.7. The van der Waals surface area contributed by atoms with E-state index in [1.54, 1.807) is 0 Å². The van der Waals surface area contributed by atoms with Crippen molar-refractivity contribution in [1.29, 1.82) is 5.26 Å². The van der Waals surface area contributed by atoms with Crippen LogP contribution in [-0.2, 0) is 4.79 Å². The number of benzene rings is 1. The van der Waals surface area contributed by atoms with E-state index in [0.29, 0.717) is 18.8 Å². The molecule has 0 saturated heterocycles. The Labute approximate surface area is 127 Å². The van der Waals surface area contributed by atoms with Crippen molar-refractivity contribution in [2.75, 3.05) is 5.32 Å². The molecular weight excluding hydrogens is 260 g/mol. The quantitative estimate of drug-likeness (QED) is 0.886. The van der Waals surface area contributed by atoms with Gasteiger partial charge in [-0.25, -0.2) is 0 Å². The second kappa shape index (κ2) is 6.30. The molecule has 1 aromatic rings. The Morgan fingerprint density at radius 2 is 1.95 bits per heavy atom. The van der Waals surface area contributed by atoms with Gasteiger partial charge in [0.05, 0.1) is 6.07 Å². The minimum absolute atomic E-state index is 0.124. The average molecular weight is 284 g/mol. The summed E-state index contributed by atoms with van der Waals surface area (Å²) in [5.41, 5.74) is 2.23. The summed E-state index contributed by atoms with van der Waals surface area (Å²) >= 11 is 0. The van der Waals surface area contributed by atoms with Crippen LogP contribution in [0.15, 0.2) is 18.2 Å². The monoisotopic (exact) mass is 284 g/mol. The Morgan fingerprint density at radius 1 is 1.29 bits per heavy atom. The minimum Gasteiger partial charge on any atom is -0.324 e. The van der Waals surface area contributed by atoms with Crippen molar-refractivity contribution < 1.29 is 4.79 Å². The summed E-state index contributed by atoms with van der Waals surface area (Å²) in [5, 5.41) is 12.6. The molecule has 1 aliphatic rings. The van der Waals surface area contributed by atoms with Gasteiger partial charge in [-0.2, -0.15) is 5.26 Å². The van der Waals surface area contributed by atoms with Gasteiger partial charge in [-0.1, -0.05) is 51.3 Å². The number of para-hydroxylation sites is 1. The number of amides is 1. The zero-order valence-electron chi connectivity index (χ0n) is 13.2. The van der Waals surface area contributed by atoms with Crippen LogP contribution >= 0.6 is 0 Å². The topological polar surface area (TPSA) is 52.9 Å². The lowest BCUT2D eigenvalue weighted by molar-refractivity contribution is -0.124. The van der Waals surface area contributed by atoms with Crippen molar-refractivity contribution in [2.45, 2.75) is 58.8 Å². The molecule has 1 fully saturated rings. The standard InChI is InChI=1S/C18H24N2O/c1-13(2)15-9-7-8-14(3)16(15)20-17(21)18(12-19)10-5-4-6-11-18/h7-9,13H,4-6,10-11H2,1-3H3,(H,20,21). The maximum Gasteiger partial charge on any atom is 0.244 e. The third-order valence-corrected chi connectivity index (χ3v) is 4.52. The van der Waals surface area contributed by atoms with E-state index in [-0.39, 0.29) is 5.91 Å². The number of nitriles is 1. The van der Waals surface area contributed by atoms with Crippen LogP contribution in [0.5, 0.6) is 0 Å². The summed E-state index contributed by atoms with van der Waals surface area (Å²) in [6, 6.07) is 8.36. The van der Waals surface area contributed by atoms with Crippen LogP contribution in [0, 0.1) is 23.7 Å². The van der Waals surface area contributed by atoms with Gasteiger partial charge < -0.3 is 5.32 Å². The minimum atomic E-state index is -0.839. The van der Waals surface area contributed by atoms with E-state index in [1.807, 2.05) is 25.1 Å². The van der Waals surface area contributed by atoms with E-state index in [9.17, 15) is 10.1 Å². The normalized spacial score (nSPS) is 17.3. The largest absolute Gasteiger partial charge is 0.324 e. The van der Waals surface area contributed by atoms with Gasteiger partial charge >= 0.3 is 0 Å². The summed E-state index contributed by atoms with van der Waals surface area (Å²) in [5.74, 6) is 0.213. The van der Waals surface area contributed by atoms with E-state index < -0.39 is 5.41 Å². The molecular formula is C18H24N2O. The Hall–Kier alpha value is -1.82. The predicted molar refractivity (Wildman–Crippen MR) is 85.0 cm³/mol. The average Bonchev–Trinajstić information content (AvgIpc) is 2.49. The predicted octanol–water partition coefficient (Wildman–Crippen LogP) is 4.53. The highest BCUT2D eigenvalue weighted by atomic mass is 16.2. The van der Waals surface area contributed by atoms with Gasteiger partial charge in [0.15, 0.2) is 0 Å². The molecule has 1 amide bonds. The first-order chi connectivity index (χ1) is 10.00. The SMILES string of the molecule is Cc1cccc(C(C)C)c1NC(=O)C1(C#N)CCCCC1. The molecule has 1 aromatic carbocycles. The number of nitrogens with one attached hydrogen (secondary N) is 1. The molecule has 1 N–H and O–H groups in total. The first-order valence-electron chi connectivity index (χ1n) is 7.82. The van der Waals surface area contributed by atoms with Crippen LogP contribution in [0.4, 0.5) is 5.69 Å². The summed E-state index contributed by atoms with van der Waals surface area (Å²) in [7, 11) is 0. The molecule has 21 heavy (non-hydrogen) atoms. The first-order valence-corrected chi connectivity index (χ1v) is 7.82. The van der Waals surface area contributed by atoms with E-state index in [0.717, 1.165) is 36.1 Å². The van der Waals surface area contributed by atoms with Crippen LogP contribution in [0.3, 0.4) is 0 Å². The number of hydrogen-bond acceptors (Lipinski definition) is 2. The third-order valence-electron chi connectivity index (χ3n) is 4.52. The third kappa shape index (κ3) is 3.10. The second-order valence-corrected chi connectivity index (χ2v) is 6.40. The van der Waals surface area contributed by atoms with Crippen molar-refractivity contribution >= 4 is 11.6 Å². The molecule has 2 rings (SSSR count). The van der Waals surface area contributed by atoms with Gasteiger partial charge in [0.2, 0.25) is 5.91 Å². The number of nitrogens with zero attached hydrogens (tertiary/aromatic N) is 1. The highest BCUT2D eigenvalue weighted by Crippen LogP contribution is 2.38. The Balaban J connectivity index is 2.29. The number of carbonyl (C=O) groups is 1. The molecule has 3 heteroatoms. The van der Waals surface area contributed by atoms with E-state index >= 15 is 0 Å². The second-order valence-electron chi connectivity index (χ2n) is 6.40. The van der Waals surface area contributed by atoms with E-state index in [1.165, 1.54) is 0 Å². The highest BCUT2D eigenvalue weighted by Gasteiger charge is 2.40. The molecule has 1 aliphatic carbocycles. The fraction of sp³-hybridized carbons (Fsp3) is 0.556. The maximum absolute atomic E-state index is 12.7. The van der Waals surface area contributed by atoms with Gasteiger partial charge in [-0.15, -0.1) is 0 Å². The van der Waals surface area contributed by atoms with E-state index in [2.05, 4.69) is 25.2 Å². The van der Waals surface area contributed by atoms with Crippen LogP contribution in [0.25, 0.3) is 0 Å². The molecule has 0 aliphatic heterocycles.